The van der Waals surface area contributed by atoms with Crippen molar-refractivity contribution in [3.05, 3.63) is 90.3 Å². The average molecular weight is 382 g/mol. The van der Waals surface area contributed by atoms with Crippen LogP contribution in [0.1, 0.15) is 16.1 Å². The van der Waals surface area contributed by atoms with E-state index < -0.39 is 10.0 Å². The third-order valence-corrected chi connectivity index (χ3v) is 4.95. The van der Waals surface area contributed by atoms with Gasteiger partial charge in [0.25, 0.3) is 15.9 Å². The molecule has 8 heteroatoms. The lowest BCUT2D eigenvalue weighted by molar-refractivity contribution is 0.0950. The third-order valence-electron chi connectivity index (χ3n) is 3.69. The monoisotopic (exact) mass is 382 g/mol. The molecular weight excluding hydrogens is 364 g/mol. The topological polar surface area (TPSA) is 100 Å². The molecule has 0 radical (unpaired) electrons. The molecule has 1 amide bonds. The maximum atomic E-state index is 12.2. The number of rotatable bonds is 7. The van der Waals surface area contributed by atoms with Crippen molar-refractivity contribution in [3.63, 3.8) is 0 Å². The van der Waals surface area contributed by atoms with Crippen LogP contribution in [0.25, 0.3) is 0 Å². The summed E-state index contributed by atoms with van der Waals surface area (Å²) in [6.45, 7) is 0.330. The first-order chi connectivity index (χ1) is 13.0. The van der Waals surface area contributed by atoms with Crippen LogP contribution in [0.3, 0.4) is 0 Å². The Morgan fingerprint density at radius 1 is 0.889 bits per heavy atom. The van der Waals surface area contributed by atoms with E-state index in [4.69, 9.17) is 0 Å². The maximum absolute atomic E-state index is 12.2. The molecule has 0 aliphatic carbocycles. The Balaban J connectivity index is 1.56. The lowest BCUT2D eigenvalue weighted by Crippen LogP contribution is -2.29. The molecular formula is C19H18N4O3S. The van der Waals surface area contributed by atoms with E-state index in [0.717, 1.165) is 5.69 Å². The summed E-state index contributed by atoms with van der Waals surface area (Å²) in [4.78, 5) is 18.8. The number of aromatic nitrogens is 1. The molecule has 3 rings (SSSR count). The largest absolute Gasteiger partial charge is 0.346 e. The van der Waals surface area contributed by atoms with E-state index >= 15 is 0 Å². The lowest BCUT2D eigenvalue weighted by atomic mass is 10.2. The molecule has 0 bridgehead atoms. The smallest absolute Gasteiger partial charge is 0.257 e. The molecule has 0 spiro atoms. The number of hydrogen-bond donors (Lipinski definition) is 3. The molecule has 0 fully saturated rings. The van der Waals surface area contributed by atoms with Gasteiger partial charge < -0.3 is 10.7 Å². The zero-order valence-electron chi connectivity index (χ0n) is 14.3. The summed E-state index contributed by atoms with van der Waals surface area (Å²) in [5.41, 5.74) is 4.36. The summed E-state index contributed by atoms with van der Waals surface area (Å²) in [7, 11) is -3.67. The number of sulfonamides is 1. The van der Waals surface area contributed by atoms with E-state index in [-0.39, 0.29) is 10.8 Å². The minimum absolute atomic E-state index is 0.156. The minimum Gasteiger partial charge on any atom is -0.346 e. The van der Waals surface area contributed by atoms with Crippen LogP contribution in [-0.4, -0.2) is 19.3 Å². The standard InChI is InChI=1S/C19H18N4O3S/c24-19(21-14-17-6-4-5-13-20-17)15-9-11-16(12-10-15)22-23-27(25,26)18-7-2-1-3-8-18/h1-13,22-23H,14H2,(H,21,24). The van der Waals surface area contributed by atoms with Crippen LogP contribution in [0.5, 0.6) is 0 Å². The first kappa shape index (κ1) is 18.6. The molecule has 1 heterocycles. The number of anilines is 1. The minimum atomic E-state index is -3.67. The Morgan fingerprint density at radius 2 is 1.59 bits per heavy atom. The van der Waals surface area contributed by atoms with Gasteiger partial charge in [-0.25, -0.2) is 8.42 Å². The first-order valence-corrected chi connectivity index (χ1v) is 9.64. The molecule has 1 aromatic heterocycles. The van der Waals surface area contributed by atoms with Crippen LogP contribution in [0, 0.1) is 0 Å². The fraction of sp³-hybridized carbons (Fsp3) is 0.0526. The molecule has 0 saturated heterocycles. The predicted octanol–water partition coefficient (Wildman–Crippen LogP) is 2.32. The summed E-state index contributed by atoms with van der Waals surface area (Å²) in [6, 6.07) is 20.0. The van der Waals surface area contributed by atoms with Gasteiger partial charge in [0.15, 0.2) is 0 Å². The zero-order valence-corrected chi connectivity index (χ0v) is 15.1. The van der Waals surface area contributed by atoms with E-state index in [1.807, 2.05) is 18.2 Å². The molecule has 2 aromatic carbocycles. The van der Waals surface area contributed by atoms with Gasteiger partial charge in [-0.3, -0.25) is 9.78 Å². The summed E-state index contributed by atoms with van der Waals surface area (Å²) in [5.74, 6) is -0.239. The molecule has 3 N–H and O–H groups in total. The van der Waals surface area contributed by atoms with Crippen LogP contribution in [0.2, 0.25) is 0 Å². The fourth-order valence-electron chi connectivity index (χ4n) is 2.27. The van der Waals surface area contributed by atoms with Gasteiger partial charge in [-0.05, 0) is 48.5 Å². The van der Waals surface area contributed by atoms with Crippen molar-refractivity contribution < 1.29 is 13.2 Å². The van der Waals surface area contributed by atoms with Crippen molar-refractivity contribution in [2.45, 2.75) is 11.4 Å². The number of pyridine rings is 1. The van der Waals surface area contributed by atoms with Crippen LogP contribution in [0.4, 0.5) is 5.69 Å². The predicted molar refractivity (Wildman–Crippen MR) is 102 cm³/mol. The van der Waals surface area contributed by atoms with E-state index in [1.54, 1.807) is 48.7 Å². The van der Waals surface area contributed by atoms with E-state index in [0.29, 0.717) is 17.8 Å². The highest BCUT2D eigenvalue weighted by Crippen LogP contribution is 2.11. The second-order valence-corrected chi connectivity index (χ2v) is 7.31. The molecule has 3 aromatic rings. The molecule has 0 aliphatic heterocycles. The first-order valence-electron chi connectivity index (χ1n) is 8.16. The fourth-order valence-corrected chi connectivity index (χ4v) is 3.15. The highest BCUT2D eigenvalue weighted by atomic mass is 32.2. The van der Waals surface area contributed by atoms with Gasteiger partial charge in [-0.2, -0.15) is 0 Å². The number of hydrogen-bond acceptors (Lipinski definition) is 5. The molecule has 0 unspecified atom stereocenters. The van der Waals surface area contributed by atoms with Gasteiger partial charge in [0.1, 0.15) is 0 Å². The molecule has 7 nitrogen and oxygen atoms in total. The lowest BCUT2D eigenvalue weighted by Gasteiger charge is -2.10. The number of amides is 1. The van der Waals surface area contributed by atoms with Crippen molar-refractivity contribution in [2.24, 2.45) is 0 Å². The highest BCUT2D eigenvalue weighted by molar-refractivity contribution is 7.89. The van der Waals surface area contributed by atoms with Crippen molar-refractivity contribution in [1.82, 2.24) is 15.1 Å². The van der Waals surface area contributed by atoms with E-state index in [1.165, 1.54) is 12.1 Å². The second-order valence-electron chi connectivity index (χ2n) is 5.62. The van der Waals surface area contributed by atoms with Gasteiger partial charge in [-0.15, -0.1) is 4.83 Å². The Hall–Kier alpha value is -3.23. The van der Waals surface area contributed by atoms with Gasteiger partial charge in [0.2, 0.25) is 0 Å². The van der Waals surface area contributed by atoms with Gasteiger partial charge in [-0.1, -0.05) is 24.3 Å². The number of hydrazine groups is 1. The molecule has 0 saturated carbocycles. The van der Waals surface area contributed by atoms with Crippen molar-refractivity contribution in [3.8, 4) is 0 Å². The van der Waals surface area contributed by atoms with Crippen LogP contribution < -0.4 is 15.6 Å². The quantitative estimate of drug-likeness (QED) is 0.545. The summed E-state index contributed by atoms with van der Waals surface area (Å²) in [5, 5.41) is 2.78. The molecule has 0 aliphatic rings. The van der Waals surface area contributed by atoms with Crippen LogP contribution >= 0.6 is 0 Å². The number of nitrogens with one attached hydrogen (secondary N) is 3. The number of carbonyl (C=O) groups is 1. The zero-order chi connectivity index (χ0) is 19.1. The second kappa shape index (κ2) is 8.43. The number of carbonyl (C=O) groups excluding carboxylic acids is 1. The van der Waals surface area contributed by atoms with Crippen molar-refractivity contribution in [2.75, 3.05) is 5.43 Å². The van der Waals surface area contributed by atoms with Crippen LogP contribution in [-0.2, 0) is 16.6 Å². The summed E-state index contributed by atoms with van der Waals surface area (Å²) < 4.78 is 24.3. The molecule has 138 valence electrons. The van der Waals surface area contributed by atoms with E-state index in [9.17, 15) is 13.2 Å². The van der Waals surface area contributed by atoms with Gasteiger partial charge >= 0.3 is 0 Å². The third kappa shape index (κ3) is 5.13. The summed E-state index contributed by atoms with van der Waals surface area (Å²) in [6.07, 6.45) is 1.67. The van der Waals surface area contributed by atoms with Gasteiger partial charge in [0, 0.05) is 17.4 Å². The van der Waals surface area contributed by atoms with E-state index in [2.05, 4.69) is 20.6 Å². The van der Waals surface area contributed by atoms with Crippen molar-refractivity contribution >= 4 is 21.6 Å². The van der Waals surface area contributed by atoms with Gasteiger partial charge in [0.05, 0.1) is 17.1 Å². The number of nitrogens with zero attached hydrogens (tertiary/aromatic N) is 1. The van der Waals surface area contributed by atoms with Crippen molar-refractivity contribution in [1.29, 1.82) is 0 Å². The SMILES string of the molecule is O=C(NCc1ccccn1)c1ccc(NNS(=O)(=O)c2ccccc2)cc1. The maximum Gasteiger partial charge on any atom is 0.257 e. The van der Waals surface area contributed by atoms with Crippen LogP contribution in [0.15, 0.2) is 83.9 Å². The normalized spacial score (nSPS) is 11.0. The molecule has 0 atom stereocenters. The number of benzene rings is 2. The Bertz CT molecular complexity index is 992. The Kier molecular flexibility index (Phi) is 5.80. The average Bonchev–Trinajstić information content (AvgIpc) is 2.72. The Morgan fingerprint density at radius 3 is 2.26 bits per heavy atom. The molecule has 27 heavy (non-hydrogen) atoms. The Labute approximate surface area is 157 Å². The summed E-state index contributed by atoms with van der Waals surface area (Å²) >= 11 is 0. The highest BCUT2D eigenvalue weighted by Gasteiger charge is 2.12.